The number of hydrogen-bond donors (Lipinski definition) is 2. The van der Waals surface area contributed by atoms with E-state index < -0.39 is 54.2 Å². The second-order valence-electron chi connectivity index (χ2n) is 9.34. The zero-order chi connectivity index (χ0) is 31.8. The second-order valence-corrected chi connectivity index (χ2v) is 14.0. The molecule has 2 aromatic carbocycles. The fourth-order valence-electron chi connectivity index (χ4n) is 4.03. The lowest BCUT2D eigenvalue weighted by Crippen LogP contribution is -2.52. The molecule has 5 rings (SSSR count). The van der Waals surface area contributed by atoms with Gasteiger partial charge in [-0.15, -0.1) is 0 Å². The van der Waals surface area contributed by atoms with Crippen molar-refractivity contribution in [2.24, 2.45) is 0 Å². The van der Waals surface area contributed by atoms with E-state index in [2.05, 4.69) is 14.8 Å². The highest BCUT2D eigenvalue weighted by atomic mass is 35.5. The molecule has 1 aliphatic rings. The van der Waals surface area contributed by atoms with E-state index in [1.54, 1.807) is 35.3 Å². The topological polar surface area (TPSA) is 179 Å². The van der Waals surface area contributed by atoms with E-state index in [-0.39, 0.29) is 51.2 Å². The minimum Gasteiger partial charge on any atom is -0.486 e. The number of benzene rings is 2. The maximum absolute atomic E-state index is 13.3. The summed E-state index contributed by atoms with van der Waals surface area (Å²) in [6.07, 6.45) is -2.20. The number of H-pyrrole nitrogens is 1. The number of sulfonamides is 1. The Labute approximate surface area is 257 Å². The smallest absolute Gasteiger partial charge is 0.349 e. The van der Waals surface area contributed by atoms with Gasteiger partial charge in [-0.1, -0.05) is 53.5 Å². The fourth-order valence-corrected chi connectivity index (χ4v) is 7.46. The molecule has 1 saturated heterocycles. The van der Waals surface area contributed by atoms with Gasteiger partial charge in [-0.25, -0.2) is 40.1 Å². The molecular formula is C25H19Cl2F2N5O8S2. The van der Waals surface area contributed by atoms with Gasteiger partial charge in [0.2, 0.25) is 15.9 Å². The number of rotatable bonds is 10. The predicted octanol–water partition coefficient (Wildman–Crippen LogP) is 3.01. The Morgan fingerprint density at radius 1 is 1.09 bits per heavy atom. The highest BCUT2D eigenvalue weighted by Crippen LogP contribution is 2.39. The quantitative estimate of drug-likeness (QED) is 0.251. The van der Waals surface area contributed by atoms with Crippen molar-refractivity contribution >= 4 is 43.1 Å². The fraction of sp³-hybridized carbons (Fsp3) is 0.200. The first-order chi connectivity index (χ1) is 20.7. The summed E-state index contributed by atoms with van der Waals surface area (Å²) in [5.41, 5.74) is -3.19. The monoisotopic (exact) mass is 689 g/mol. The molecule has 1 aliphatic heterocycles. The van der Waals surface area contributed by atoms with Crippen molar-refractivity contribution in [2.75, 3.05) is 11.5 Å². The van der Waals surface area contributed by atoms with E-state index in [0.717, 1.165) is 30.0 Å². The molecule has 1 fully saturated rings. The highest BCUT2D eigenvalue weighted by Gasteiger charge is 2.37. The molecule has 2 N–H and O–H groups in total. The van der Waals surface area contributed by atoms with Crippen molar-refractivity contribution in [3.8, 4) is 23.1 Å². The van der Waals surface area contributed by atoms with Gasteiger partial charge >= 0.3 is 5.69 Å². The Kier molecular flexibility index (Phi) is 8.77. The Hall–Kier alpha value is -3.90. The first-order valence-corrected chi connectivity index (χ1v) is 16.4. The van der Waals surface area contributed by atoms with Crippen molar-refractivity contribution in [2.45, 2.75) is 24.0 Å². The summed E-state index contributed by atoms with van der Waals surface area (Å²) < 4.78 is 90.3. The number of hydrogen-bond acceptors (Lipinski definition) is 10. The molecule has 0 amide bonds. The summed E-state index contributed by atoms with van der Waals surface area (Å²) in [5.74, 6) is -1.48. The zero-order valence-corrected chi connectivity index (χ0v) is 25.1. The first kappa shape index (κ1) is 31.5. The second kappa shape index (κ2) is 12.2. The minimum absolute atomic E-state index is 0.0202. The average Bonchev–Trinajstić information content (AvgIpc) is 2.93. The molecule has 232 valence electrons. The summed E-state index contributed by atoms with van der Waals surface area (Å²) in [6.45, 7) is -0.0202. The van der Waals surface area contributed by atoms with Crippen LogP contribution in [0.15, 0.2) is 69.2 Å². The van der Waals surface area contributed by atoms with Crippen molar-refractivity contribution in [1.29, 1.82) is 0 Å². The molecule has 19 heteroatoms. The number of nitrogens with zero attached hydrogens (tertiary/aromatic N) is 3. The Balaban J connectivity index is 1.48. The van der Waals surface area contributed by atoms with Gasteiger partial charge in [-0.3, -0.25) is 9.78 Å². The largest absolute Gasteiger partial charge is 0.486 e. The van der Waals surface area contributed by atoms with Crippen molar-refractivity contribution < 1.29 is 35.1 Å². The van der Waals surface area contributed by atoms with Crippen LogP contribution in [0.2, 0.25) is 10.0 Å². The van der Waals surface area contributed by atoms with E-state index in [9.17, 15) is 35.2 Å². The van der Waals surface area contributed by atoms with E-state index in [0.29, 0.717) is 4.68 Å². The molecule has 0 radical (unpaired) electrons. The van der Waals surface area contributed by atoms with Crippen LogP contribution in [0.5, 0.6) is 17.4 Å². The maximum atomic E-state index is 13.3. The first-order valence-electron chi connectivity index (χ1n) is 12.3. The van der Waals surface area contributed by atoms with Crippen LogP contribution in [0.3, 0.4) is 0 Å². The molecular weight excluding hydrogens is 671 g/mol. The van der Waals surface area contributed by atoms with Crippen molar-refractivity contribution in [3.63, 3.8) is 0 Å². The van der Waals surface area contributed by atoms with Crippen LogP contribution in [0.25, 0.3) is 5.69 Å². The highest BCUT2D eigenvalue weighted by molar-refractivity contribution is 7.93. The Morgan fingerprint density at radius 2 is 1.75 bits per heavy atom. The van der Waals surface area contributed by atoms with E-state index in [1.165, 1.54) is 0 Å². The van der Waals surface area contributed by atoms with E-state index in [1.807, 2.05) is 0 Å². The van der Waals surface area contributed by atoms with Gasteiger partial charge in [0.25, 0.3) is 12.0 Å². The molecule has 0 spiro atoms. The summed E-state index contributed by atoms with van der Waals surface area (Å²) in [4.78, 5) is 29.2. The van der Waals surface area contributed by atoms with Gasteiger partial charge in [0, 0.05) is 12.1 Å². The lowest BCUT2D eigenvalue weighted by molar-refractivity contribution is 0.141. The number of ether oxygens (including phenoxy) is 2. The molecule has 0 atom stereocenters. The molecule has 13 nitrogen and oxygen atoms in total. The van der Waals surface area contributed by atoms with E-state index >= 15 is 0 Å². The lowest BCUT2D eigenvalue weighted by atomic mass is 10.2. The van der Waals surface area contributed by atoms with Crippen LogP contribution in [0.1, 0.15) is 17.7 Å². The van der Waals surface area contributed by atoms with Gasteiger partial charge in [-0.05, 0) is 17.7 Å². The van der Waals surface area contributed by atoms with Crippen molar-refractivity contribution in [3.05, 3.63) is 96.9 Å². The molecule has 0 unspecified atom stereocenters. The van der Waals surface area contributed by atoms with Gasteiger partial charge in [0.05, 0.1) is 33.4 Å². The number of aromatic amines is 1. The molecule has 4 aromatic rings. The molecule has 0 bridgehead atoms. The number of sulfone groups is 1. The molecule has 0 saturated carbocycles. The Morgan fingerprint density at radius 3 is 2.36 bits per heavy atom. The third-order valence-corrected chi connectivity index (χ3v) is 9.98. The molecule has 0 aliphatic carbocycles. The summed E-state index contributed by atoms with van der Waals surface area (Å²) >= 11 is 12.6. The third-order valence-electron chi connectivity index (χ3n) is 6.06. The van der Waals surface area contributed by atoms with Gasteiger partial charge < -0.3 is 9.47 Å². The minimum atomic E-state index is -4.36. The SMILES string of the molecule is O=c1[nH]c(=O)n(-c2cc(Cl)c(Oc3cc(S(=O)(=O)NC4CS(=O)(=O)C4)c(OCc4ccccc4)cn3)c(Cl)c2)nc1C(F)F. The Bertz CT molecular complexity index is 2040. The average molecular weight is 690 g/mol. The summed E-state index contributed by atoms with van der Waals surface area (Å²) in [7, 11) is -7.70. The predicted molar refractivity (Wildman–Crippen MR) is 153 cm³/mol. The third kappa shape index (κ3) is 6.91. The zero-order valence-electron chi connectivity index (χ0n) is 21.9. The van der Waals surface area contributed by atoms with E-state index in [4.69, 9.17) is 32.7 Å². The standard InChI is InChI=1S/C25H19Cl2F2N5O8S2/c26-16-6-15(34-25(36)31-24(35)21(32-34)23(28)29)7-17(27)22(16)42-20-8-19(44(39,40)33-14-11-43(37,38)12-14)18(9-30-20)41-10-13-4-2-1-3-5-13/h1-9,14,23,33H,10-12H2,(H,31,35,36). The molecule has 2 aromatic heterocycles. The van der Waals surface area contributed by atoms with Crippen LogP contribution >= 0.6 is 23.2 Å². The van der Waals surface area contributed by atoms with Crippen LogP contribution < -0.4 is 25.4 Å². The lowest BCUT2D eigenvalue weighted by Gasteiger charge is -2.26. The van der Waals surface area contributed by atoms with Gasteiger partial charge in [-0.2, -0.15) is 9.78 Å². The van der Waals surface area contributed by atoms with Gasteiger partial charge in [0.15, 0.2) is 27.0 Å². The normalized spacial score (nSPS) is 14.8. The summed E-state index contributed by atoms with van der Waals surface area (Å²) in [6, 6.07) is 11.2. The maximum Gasteiger partial charge on any atom is 0.349 e. The summed E-state index contributed by atoms with van der Waals surface area (Å²) in [5, 5.41) is 2.86. The number of nitrogens with one attached hydrogen (secondary N) is 2. The van der Waals surface area contributed by atoms with Crippen molar-refractivity contribution in [1.82, 2.24) is 24.5 Å². The number of halogens is 4. The number of alkyl halides is 2. The molecule has 44 heavy (non-hydrogen) atoms. The van der Waals surface area contributed by atoms with Gasteiger partial charge in [0.1, 0.15) is 11.5 Å². The van der Waals surface area contributed by atoms with Crippen LogP contribution in [0, 0.1) is 0 Å². The number of pyridine rings is 1. The van der Waals surface area contributed by atoms with Crippen LogP contribution in [-0.2, 0) is 26.5 Å². The van der Waals surface area contributed by atoms with Crippen LogP contribution in [0.4, 0.5) is 8.78 Å². The molecule has 3 heterocycles. The van der Waals surface area contributed by atoms with Crippen LogP contribution in [-0.4, -0.2) is 54.1 Å². The number of aromatic nitrogens is 4.